The molecule has 2 N–H and O–H groups in total. The van der Waals surface area contributed by atoms with Gasteiger partial charge in [0, 0.05) is 6.54 Å². The molecular weight excluding hydrogens is 220 g/mol. The van der Waals surface area contributed by atoms with Crippen molar-refractivity contribution >= 4 is 5.91 Å². The summed E-state index contributed by atoms with van der Waals surface area (Å²) in [4.78, 5) is 27.1. The van der Waals surface area contributed by atoms with Gasteiger partial charge in [-0.25, -0.2) is 9.89 Å². The molecule has 0 spiro atoms. The number of hydrogen-bond acceptors (Lipinski definition) is 3. The Morgan fingerprint density at radius 2 is 2.47 bits per heavy atom. The molecule has 0 aromatic carbocycles. The molecule has 2 rings (SSSR count). The van der Waals surface area contributed by atoms with Crippen molar-refractivity contribution in [2.24, 2.45) is 0 Å². The van der Waals surface area contributed by atoms with Gasteiger partial charge in [0.05, 0.1) is 6.04 Å². The van der Waals surface area contributed by atoms with Crippen LogP contribution in [0, 0.1) is 0 Å². The van der Waals surface area contributed by atoms with Crippen LogP contribution in [0.4, 0.5) is 0 Å². The van der Waals surface area contributed by atoms with E-state index in [0.29, 0.717) is 6.54 Å². The Balaban J connectivity index is 2.06. The summed E-state index contributed by atoms with van der Waals surface area (Å²) in [6.45, 7) is 2.71. The molecule has 6 heteroatoms. The van der Waals surface area contributed by atoms with Gasteiger partial charge in [0.25, 0.3) is 5.91 Å². The number of nitrogens with one attached hydrogen (secondary N) is 2. The fourth-order valence-electron chi connectivity index (χ4n) is 1.98. The van der Waals surface area contributed by atoms with Crippen LogP contribution >= 0.6 is 0 Å². The van der Waals surface area contributed by atoms with Crippen LogP contribution in [-0.2, 0) is 0 Å². The molecule has 1 amide bonds. The first kappa shape index (κ1) is 11.6. The highest BCUT2D eigenvalue weighted by Crippen LogP contribution is 2.17. The van der Waals surface area contributed by atoms with Gasteiger partial charge in [0.2, 0.25) is 5.82 Å². The van der Waals surface area contributed by atoms with Crippen molar-refractivity contribution in [3.63, 3.8) is 0 Å². The Morgan fingerprint density at radius 3 is 3.12 bits per heavy atom. The lowest BCUT2D eigenvalue weighted by molar-refractivity contribution is 0.0731. The minimum atomic E-state index is -0.453. The van der Waals surface area contributed by atoms with E-state index >= 15 is 0 Å². The number of hydrogen-bond donors (Lipinski definition) is 2. The number of rotatable bonds is 4. The first-order valence-electron chi connectivity index (χ1n) is 5.84. The zero-order chi connectivity index (χ0) is 12.3. The quantitative estimate of drug-likeness (QED) is 0.754. The number of aromatic amines is 2. The molecule has 6 nitrogen and oxygen atoms in total. The van der Waals surface area contributed by atoms with Gasteiger partial charge in [0.15, 0.2) is 0 Å². The van der Waals surface area contributed by atoms with E-state index in [1.54, 1.807) is 4.90 Å². The lowest BCUT2D eigenvalue weighted by atomic mass is 10.1. The molecule has 1 aromatic heterocycles. The van der Waals surface area contributed by atoms with E-state index < -0.39 is 5.69 Å². The molecule has 1 aromatic rings. The summed E-state index contributed by atoms with van der Waals surface area (Å²) in [5.41, 5.74) is -0.453. The average molecular weight is 236 g/mol. The molecule has 1 aliphatic heterocycles. The van der Waals surface area contributed by atoms with Gasteiger partial charge in [-0.3, -0.25) is 9.78 Å². The second kappa shape index (κ2) is 4.99. The Bertz CT molecular complexity index is 474. The summed E-state index contributed by atoms with van der Waals surface area (Å²) >= 11 is 0. The minimum Gasteiger partial charge on any atom is -0.326 e. The highest BCUT2D eigenvalue weighted by atomic mass is 16.2. The number of carbonyl (C=O) groups is 1. The van der Waals surface area contributed by atoms with Crippen molar-refractivity contribution in [2.45, 2.75) is 32.2 Å². The molecule has 1 unspecified atom stereocenters. The number of amides is 1. The first-order chi connectivity index (χ1) is 8.22. The van der Waals surface area contributed by atoms with Crippen molar-refractivity contribution in [1.82, 2.24) is 20.1 Å². The van der Waals surface area contributed by atoms with Crippen LogP contribution in [0.15, 0.2) is 16.9 Å². The van der Waals surface area contributed by atoms with Gasteiger partial charge in [-0.05, 0) is 6.42 Å². The highest BCUT2D eigenvalue weighted by molar-refractivity contribution is 5.91. The smallest absolute Gasteiger partial charge is 0.326 e. The largest absolute Gasteiger partial charge is 0.341 e. The van der Waals surface area contributed by atoms with Crippen LogP contribution in [0.3, 0.4) is 0 Å². The summed E-state index contributed by atoms with van der Waals surface area (Å²) in [5, 5.41) is 5.86. The van der Waals surface area contributed by atoms with Crippen molar-refractivity contribution in [3.05, 3.63) is 28.5 Å². The minimum absolute atomic E-state index is 0.0835. The molecule has 0 bridgehead atoms. The predicted molar refractivity (Wildman–Crippen MR) is 62.7 cm³/mol. The highest BCUT2D eigenvalue weighted by Gasteiger charge is 2.26. The van der Waals surface area contributed by atoms with E-state index in [2.05, 4.69) is 22.1 Å². The SMILES string of the molecule is CCCCC1C=CCN1C(=O)c1n[nH]c(=O)[nH]1. The van der Waals surface area contributed by atoms with Crippen molar-refractivity contribution in [2.75, 3.05) is 6.54 Å². The Hall–Kier alpha value is -1.85. The molecule has 1 aliphatic rings. The monoisotopic (exact) mass is 236 g/mol. The fraction of sp³-hybridized carbons (Fsp3) is 0.545. The van der Waals surface area contributed by atoms with Crippen LogP contribution in [0.5, 0.6) is 0 Å². The number of unbranched alkanes of at least 4 members (excludes halogenated alkanes) is 1. The summed E-state index contributed by atoms with van der Waals surface area (Å²) in [7, 11) is 0. The maximum Gasteiger partial charge on any atom is 0.341 e. The topological polar surface area (TPSA) is 81.8 Å². The Kier molecular flexibility index (Phi) is 3.41. The van der Waals surface area contributed by atoms with E-state index in [9.17, 15) is 9.59 Å². The Morgan fingerprint density at radius 1 is 1.65 bits per heavy atom. The van der Waals surface area contributed by atoms with Crippen molar-refractivity contribution in [3.8, 4) is 0 Å². The number of nitrogens with zero attached hydrogens (tertiary/aromatic N) is 2. The molecule has 0 radical (unpaired) electrons. The van der Waals surface area contributed by atoms with Crippen LogP contribution < -0.4 is 5.69 Å². The van der Waals surface area contributed by atoms with Crippen LogP contribution in [0.2, 0.25) is 0 Å². The third-order valence-corrected chi connectivity index (χ3v) is 2.88. The predicted octanol–water partition coefficient (Wildman–Crippen LogP) is 0.669. The lowest BCUT2D eigenvalue weighted by Gasteiger charge is -2.23. The normalized spacial score (nSPS) is 18.9. The van der Waals surface area contributed by atoms with Gasteiger partial charge < -0.3 is 4.90 Å². The standard InChI is InChI=1S/C11H16N4O2/c1-2-3-5-8-6-4-7-15(8)10(16)9-12-11(17)14-13-9/h4,6,8H,2-3,5,7H2,1H3,(H2,12,13,14,17). The van der Waals surface area contributed by atoms with E-state index in [-0.39, 0.29) is 17.8 Å². The molecule has 92 valence electrons. The van der Waals surface area contributed by atoms with Crippen LogP contribution in [0.1, 0.15) is 36.8 Å². The van der Waals surface area contributed by atoms with Gasteiger partial charge >= 0.3 is 5.69 Å². The van der Waals surface area contributed by atoms with Crippen LogP contribution in [0.25, 0.3) is 0 Å². The molecular formula is C11H16N4O2. The van der Waals surface area contributed by atoms with Gasteiger partial charge in [-0.1, -0.05) is 31.9 Å². The molecule has 17 heavy (non-hydrogen) atoms. The van der Waals surface area contributed by atoms with E-state index in [1.165, 1.54) is 0 Å². The van der Waals surface area contributed by atoms with E-state index in [1.807, 2.05) is 12.2 Å². The maximum absolute atomic E-state index is 12.1. The zero-order valence-electron chi connectivity index (χ0n) is 9.77. The zero-order valence-corrected chi connectivity index (χ0v) is 9.77. The number of H-pyrrole nitrogens is 2. The fourth-order valence-corrected chi connectivity index (χ4v) is 1.98. The van der Waals surface area contributed by atoms with E-state index in [0.717, 1.165) is 19.3 Å². The summed E-state index contributed by atoms with van der Waals surface area (Å²) in [6, 6.07) is 0.127. The van der Waals surface area contributed by atoms with Crippen LogP contribution in [-0.4, -0.2) is 38.6 Å². The molecule has 0 aliphatic carbocycles. The number of carbonyl (C=O) groups excluding carboxylic acids is 1. The van der Waals surface area contributed by atoms with Crippen molar-refractivity contribution < 1.29 is 4.79 Å². The second-order valence-corrected chi connectivity index (χ2v) is 4.12. The second-order valence-electron chi connectivity index (χ2n) is 4.12. The van der Waals surface area contributed by atoms with Crippen molar-refractivity contribution in [1.29, 1.82) is 0 Å². The lowest BCUT2D eigenvalue weighted by Crippen LogP contribution is -2.36. The molecule has 0 saturated heterocycles. The van der Waals surface area contributed by atoms with Gasteiger partial charge in [-0.15, -0.1) is 5.10 Å². The average Bonchev–Trinajstić information content (AvgIpc) is 2.94. The summed E-state index contributed by atoms with van der Waals surface area (Å²) in [5.74, 6) is -0.144. The first-order valence-corrected chi connectivity index (χ1v) is 5.84. The summed E-state index contributed by atoms with van der Waals surface area (Å²) < 4.78 is 0. The van der Waals surface area contributed by atoms with Gasteiger partial charge in [0.1, 0.15) is 0 Å². The molecule has 2 heterocycles. The number of aromatic nitrogens is 3. The third-order valence-electron chi connectivity index (χ3n) is 2.88. The Labute approximate surface area is 98.7 Å². The maximum atomic E-state index is 12.1. The van der Waals surface area contributed by atoms with E-state index in [4.69, 9.17) is 0 Å². The molecule has 0 fully saturated rings. The molecule has 1 atom stereocenters. The third kappa shape index (κ3) is 2.46. The summed E-state index contributed by atoms with van der Waals surface area (Å²) in [6.07, 6.45) is 7.15. The molecule has 0 saturated carbocycles. The van der Waals surface area contributed by atoms with Gasteiger partial charge in [-0.2, -0.15) is 0 Å².